The second-order valence-corrected chi connectivity index (χ2v) is 4.71. The van der Waals surface area contributed by atoms with E-state index in [1.54, 1.807) is 13.3 Å². The van der Waals surface area contributed by atoms with Gasteiger partial charge in [0.2, 0.25) is 0 Å². The van der Waals surface area contributed by atoms with Crippen LogP contribution in [0.3, 0.4) is 0 Å². The van der Waals surface area contributed by atoms with Gasteiger partial charge < -0.3 is 15.4 Å². The first-order valence-electron chi connectivity index (χ1n) is 7.17. The van der Waals surface area contributed by atoms with Gasteiger partial charge >= 0.3 is 6.03 Å². The van der Waals surface area contributed by atoms with Crippen LogP contribution < -0.4 is 15.4 Å². The minimum Gasteiger partial charge on any atom is -0.496 e. The first-order valence-corrected chi connectivity index (χ1v) is 7.17. The number of hydrogen-bond donors (Lipinski definition) is 2. The molecule has 0 aliphatic heterocycles. The zero-order valence-corrected chi connectivity index (χ0v) is 12.6. The zero-order chi connectivity index (χ0) is 15.6. The number of methoxy groups -OCH3 is 1. The minimum atomic E-state index is -0.220. The van der Waals surface area contributed by atoms with Crippen molar-refractivity contribution >= 4 is 12.1 Å². The van der Waals surface area contributed by atoms with Crippen molar-refractivity contribution in [3.8, 4) is 5.75 Å². The lowest BCUT2D eigenvalue weighted by atomic mass is 10.1. The molecule has 4 nitrogen and oxygen atoms in total. The van der Waals surface area contributed by atoms with Gasteiger partial charge in [0.05, 0.1) is 7.11 Å². The van der Waals surface area contributed by atoms with E-state index < -0.39 is 0 Å². The van der Waals surface area contributed by atoms with Crippen LogP contribution in [0.25, 0.3) is 6.08 Å². The van der Waals surface area contributed by atoms with Gasteiger partial charge in [-0.25, -0.2) is 4.79 Å². The molecule has 2 aromatic rings. The van der Waals surface area contributed by atoms with Crippen LogP contribution in [-0.2, 0) is 6.42 Å². The standard InChI is InChI=1S/C18H20N2O2/c1-22-17-10-6-5-9-16(17)12-14-20-18(21)19-13-11-15-7-3-2-4-8-15/h2-11,13H,12,14H2,1H3,(H2,19,20,21)/b13-11+. The summed E-state index contributed by atoms with van der Waals surface area (Å²) in [4.78, 5) is 11.7. The molecule has 0 atom stereocenters. The summed E-state index contributed by atoms with van der Waals surface area (Å²) in [6.07, 6.45) is 4.20. The molecule has 0 saturated carbocycles. The number of amides is 2. The van der Waals surface area contributed by atoms with E-state index in [0.717, 1.165) is 23.3 Å². The largest absolute Gasteiger partial charge is 0.496 e. The molecule has 2 N–H and O–H groups in total. The summed E-state index contributed by atoms with van der Waals surface area (Å²) >= 11 is 0. The SMILES string of the molecule is COc1ccccc1CCNC(=O)N/C=C/c1ccccc1. The Hall–Kier alpha value is -2.75. The van der Waals surface area contributed by atoms with Gasteiger partial charge in [-0.3, -0.25) is 0 Å². The third kappa shape index (κ3) is 4.98. The Morgan fingerprint density at radius 1 is 1.09 bits per heavy atom. The highest BCUT2D eigenvalue weighted by molar-refractivity contribution is 5.75. The lowest BCUT2D eigenvalue weighted by molar-refractivity contribution is 0.244. The summed E-state index contributed by atoms with van der Waals surface area (Å²) < 4.78 is 5.28. The highest BCUT2D eigenvalue weighted by Gasteiger charge is 2.02. The molecule has 4 heteroatoms. The Morgan fingerprint density at radius 2 is 1.82 bits per heavy atom. The van der Waals surface area contributed by atoms with Crippen molar-refractivity contribution in [3.05, 3.63) is 71.9 Å². The quantitative estimate of drug-likeness (QED) is 0.860. The van der Waals surface area contributed by atoms with E-state index in [1.165, 1.54) is 0 Å². The topological polar surface area (TPSA) is 50.4 Å². The van der Waals surface area contributed by atoms with E-state index in [1.807, 2.05) is 60.7 Å². The van der Waals surface area contributed by atoms with E-state index in [2.05, 4.69) is 10.6 Å². The van der Waals surface area contributed by atoms with Gasteiger partial charge in [0.15, 0.2) is 0 Å². The first-order chi connectivity index (χ1) is 10.8. The highest BCUT2D eigenvalue weighted by Crippen LogP contribution is 2.17. The van der Waals surface area contributed by atoms with Crippen molar-refractivity contribution in [3.63, 3.8) is 0 Å². The maximum Gasteiger partial charge on any atom is 0.318 e. The van der Waals surface area contributed by atoms with Crippen molar-refractivity contribution in [1.29, 1.82) is 0 Å². The molecule has 2 rings (SSSR count). The molecule has 0 spiro atoms. The Labute approximate surface area is 130 Å². The third-order valence-electron chi connectivity index (χ3n) is 3.16. The summed E-state index contributed by atoms with van der Waals surface area (Å²) in [5.74, 6) is 0.841. The maximum atomic E-state index is 11.7. The summed E-state index contributed by atoms with van der Waals surface area (Å²) in [5, 5.41) is 5.50. The molecule has 2 amide bonds. The number of ether oxygens (including phenoxy) is 1. The predicted molar refractivity (Wildman–Crippen MR) is 88.7 cm³/mol. The van der Waals surface area contributed by atoms with Gasteiger partial charge in [-0.15, -0.1) is 0 Å². The van der Waals surface area contributed by atoms with Crippen LogP contribution in [0.4, 0.5) is 4.79 Å². The number of para-hydroxylation sites is 1. The number of hydrogen-bond acceptors (Lipinski definition) is 2. The Bertz CT molecular complexity index is 624. The molecule has 0 unspecified atom stereocenters. The summed E-state index contributed by atoms with van der Waals surface area (Å²) in [6.45, 7) is 0.547. The van der Waals surface area contributed by atoms with E-state index in [9.17, 15) is 4.79 Å². The van der Waals surface area contributed by atoms with Gasteiger partial charge in [0.1, 0.15) is 5.75 Å². The molecule has 0 saturated heterocycles. The van der Waals surface area contributed by atoms with Crippen LogP contribution in [0.1, 0.15) is 11.1 Å². The monoisotopic (exact) mass is 296 g/mol. The van der Waals surface area contributed by atoms with Crippen molar-refractivity contribution in [2.45, 2.75) is 6.42 Å². The smallest absolute Gasteiger partial charge is 0.318 e. The summed E-state index contributed by atoms with van der Waals surface area (Å²) in [5.41, 5.74) is 2.11. The molecule has 0 bridgehead atoms. The van der Waals surface area contributed by atoms with Gasteiger partial charge in [0, 0.05) is 12.7 Å². The number of carbonyl (C=O) groups excluding carboxylic acids is 1. The van der Waals surface area contributed by atoms with Crippen LogP contribution in [0.15, 0.2) is 60.8 Å². The second kappa shape index (κ2) is 8.52. The number of benzene rings is 2. The first kappa shape index (κ1) is 15.6. The maximum absolute atomic E-state index is 11.7. The molecule has 0 fully saturated rings. The molecular formula is C18H20N2O2. The fourth-order valence-electron chi connectivity index (χ4n) is 2.05. The molecular weight excluding hydrogens is 276 g/mol. The molecule has 0 aromatic heterocycles. The summed E-state index contributed by atoms with van der Waals surface area (Å²) in [6, 6.07) is 17.4. The van der Waals surface area contributed by atoms with Crippen LogP contribution in [0.2, 0.25) is 0 Å². The molecule has 0 radical (unpaired) electrons. The predicted octanol–water partition coefficient (Wildman–Crippen LogP) is 3.21. The summed E-state index contributed by atoms with van der Waals surface area (Å²) in [7, 11) is 1.65. The second-order valence-electron chi connectivity index (χ2n) is 4.71. The van der Waals surface area contributed by atoms with E-state index in [4.69, 9.17) is 4.74 Å². The Balaban J connectivity index is 1.73. The number of carbonyl (C=O) groups is 1. The van der Waals surface area contributed by atoms with Crippen LogP contribution in [-0.4, -0.2) is 19.7 Å². The van der Waals surface area contributed by atoms with E-state index in [-0.39, 0.29) is 6.03 Å². The highest BCUT2D eigenvalue weighted by atomic mass is 16.5. The fraction of sp³-hybridized carbons (Fsp3) is 0.167. The molecule has 0 heterocycles. The fourth-order valence-corrected chi connectivity index (χ4v) is 2.05. The lowest BCUT2D eigenvalue weighted by Crippen LogP contribution is -2.33. The van der Waals surface area contributed by atoms with Crippen molar-refractivity contribution in [2.24, 2.45) is 0 Å². The number of rotatable bonds is 6. The van der Waals surface area contributed by atoms with Crippen LogP contribution in [0, 0.1) is 0 Å². The molecule has 22 heavy (non-hydrogen) atoms. The average Bonchev–Trinajstić information content (AvgIpc) is 2.56. The zero-order valence-electron chi connectivity index (χ0n) is 12.6. The minimum absolute atomic E-state index is 0.220. The molecule has 114 valence electrons. The Morgan fingerprint density at radius 3 is 2.59 bits per heavy atom. The van der Waals surface area contributed by atoms with Gasteiger partial charge in [-0.2, -0.15) is 0 Å². The van der Waals surface area contributed by atoms with Crippen molar-refractivity contribution in [1.82, 2.24) is 10.6 Å². The number of nitrogens with one attached hydrogen (secondary N) is 2. The average molecular weight is 296 g/mol. The van der Waals surface area contributed by atoms with E-state index in [0.29, 0.717) is 6.54 Å². The van der Waals surface area contributed by atoms with Gasteiger partial charge in [-0.1, -0.05) is 48.5 Å². The van der Waals surface area contributed by atoms with Gasteiger partial charge in [0.25, 0.3) is 0 Å². The molecule has 2 aromatic carbocycles. The number of urea groups is 1. The Kier molecular flexibility index (Phi) is 6.05. The van der Waals surface area contributed by atoms with Crippen LogP contribution in [0.5, 0.6) is 5.75 Å². The third-order valence-corrected chi connectivity index (χ3v) is 3.16. The van der Waals surface area contributed by atoms with Crippen LogP contribution >= 0.6 is 0 Å². The lowest BCUT2D eigenvalue weighted by Gasteiger charge is -2.08. The normalized spacial score (nSPS) is 10.4. The molecule has 0 aliphatic carbocycles. The van der Waals surface area contributed by atoms with Crippen molar-refractivity contribution < 1.29 is 9.53 Å². The van der Waals surface area contributed by atoms with Gasteiger partial charge in [-0.05, 0) is 29.7 Å². The van der Waals surface area contributed by atoms with Crippen molar-refractivity contribution in [2.75, 3.05) is 13.7 Å². The molecule has 0 aliphatic rings. The van der Waals surface area contributed by atoms with E-state index >= 15 is 0 Å².